The number of anilines is 2. The Bertz CT molecular complexity index is 644. The summed E-state index contributed by atoms with van der Waals surface area (Å²) in [5.41, 5.74) is 4.86. The zero-order valence-electron chi connectivity index (χ0n) is 9.58. The maximum absolute atomic E-state index is 13.3. The molecular formula is C13H9F3N2O. The Morgan fingerprint density at radius 2 is 1.68 bits per heavy atom. The van der Waals surface area contributed by atoms with Crippen LogP contribution in [0.3, 0.4) is 0 Å². The van der Waals surface area contributed by atoms with Crippen LogP contribution in [0.5, 0.6) is 0 Å². The Balaban J connectivity index is 2.25. The van der Waals surface area contributed by atoms with Gasteiger partial charge in [-0.15, -0.1) is 0 Å². The number of nitrogens with two attached hydrogens (primary N) is 1. The van der Waals surface area contributed by atoms with Gasteiger partial charge in [0.15, 0.2) is 0 Å². The lowest BCUT2D eigenvalue weighted by molar-refractivity contribution is 0.102. The monoisotopic (exact) mass is 266 g/mol. The molecule has 6 heteroatoms. The van der Waals surface area contributed by atoms with E-state index in [9.17, 15) is 18.0 Å². The second-order valence-corrected chi connectivity index (χ2v) is 3.81. The molecule has 19 heavy (non-hydrogen) atoms. The number of hydrogen-bond donors (Lipinski definition) is 2. The van der Waals surface area contributed by atoms with Crippen LogP contribution in [-0.2, 0) is 0 Å². The van der Waals surface area contributed by atoms with Crippen molar-refractivity contribution in [1.82, 2.24) is 0 Å². The van der Waals surface area contributed by atoms with Gasteiger partial charge in [0, 0.05) is 11.6 Å². The average molecular weight is 266 g/mol. The van der Waals surface area contributed by atoms with Gasteiger partial charge in [-0.05, 0) is 30.3 Å². The van der Waals surface area contributed by atoms with E-state index in [1.54, 1.807) is 0 Å². The summed E-state index contributed by atoms with van der Waals surface area (Å²) in [6, 6.07) is 6.00. The van der Waals surface area contributed by atoms with Crippen molar-refractivity contribution in [2.45, 2.75) is 0 Å². The number of carbonyl (C=O) groups excluding carboxylic acids is 1. The summed E-state index contributed by atoms with van der Waals surface area (Å²) in [5.74, 6) is -2.83. The first-order valence-electron chi connectivity index (χ1n) is 5.29. The van der Waals surface area contributed by atoms with Crippen LogP contribution in [0.4, 0.5) is 24.5 Å². The van der Waals surface area contributed by atoms with Crippen molar-refractivity contribution in [2.24, 2.45) is 0 Å². The van der Waals surface area contributed by atoms with Crippen molar-refractivity contribution in [3.8, 4) is 0 Å². The van der Waals surface area contributed by atoms with Crippen molar-refractivity contribution < 1.29 is 18.0 Å². The van der Waals surface area contributed by atoms with Crippen LogP contribution in [0.15, 0.2) is 36.4 Å². The second-order valence-electron chi connectivity index (χ2n) is 3.81. The lowest BCUT2D eigenvalue weighted by atomic mass is 10.1. The molecule has 1 amide bonds. The van der Waals surface area contributed by atoms with Gasteiger partial charge in [-0.3, -0.25) is 4.79 Å². The quantitative estimate of drug-likeness (QED) is 0.821. The molecule has 0 heterocycles. The molecule has 2 rings (SSSR count). The van der Waals surface area contributed by atoms with Crippen LogP contribution in [0.2, 0.25) is 0 Å². The summed E-state index contributed by atoms with van der Waals surface area (Å²) in [5, 5.41) is 2.18. The van der Waals surface area contributed by atoms with Gasteiger partial charge >= 0.3 is 0 Å². The fourth-order valence-corrected chi connectivity index (χ4v) is 1.47. The van der Waals surface area contributed by atoms with E-state index in [0.717, 1.165) is 30.3 Å². The van der Waals surface area contributed by atoms with E-state index >= 15 is 0 Å². The second kappa shape index (κ2) is 5.01. The predicted molar refractivity (Wildman–Crippen MR) is 65.1 cm³/mol. The molecule has 2 aromatic rings. The summed E-state index contributed by atoms with van der Waals surface area (Å²) in [6.45, 7) is 0. The van der Waals surface area contributed by atoms with Gasteiger partial charge in [0.1, 0.15) is 17.5 Å². The van der Waals surface area contributed by atoms with Crippen molar-refractivity contribution in [2.75, 3.05) is 11.1 Å². The molecule has 0 radical (unpaired) electrons. The topological polar surface area (TPSA) is 55.1 Å². The first kappa shape index (κ1) is 12.9. The van der Waals surface area contributed by atoms with Gasteiger partial charge in [-0.25, -0.2) is 13.2 Å². The molecule has 98 valence electrons. The molecule has 0 bridgehead atoms. The van der Waals surface area contributed by atoms with E-state index in [-0.39, 0.29) is 16.9 Å². The summed E-state index contributed by atoms with van der Waals surface area (Å²) >= 11 is 0. The molecular weight excluding hydrogens is 257 g/mol. The van der Waals surface area contributed by atoms with Gasteiger partial charge in [-0.1, -0.05) is 0 Å². The first-order chi connectivity index (χ1) is 8.97. The Kier molecular flexibility index (Phi) is 3.41. The summed E-state index contributed by atoms with van der Waals surface area (Å²) < 4.78 is 39.2. The standard InChI is InChI=1S/C13H9F3N2O/c14-8-2-4-10(16)12(6-8)18-13(19)7-1-3-9(15)11(17)5-7/h1-6H,17H2,(H,18,19). The molecule has 0 aliphatic carbocycles. The predicted octanol–water partition coefficient (Wildman–Crippen LogP) is 2.94. The van der Waals surface area contributed by atoms with Crippen LogP contribution in [0.25, 0.3) is 0 Å². The number of rotatable bonds is 2. The van der Waals surface area contributed by atoms with Gasteiger partial charge < -0.3 is 11.1 Å². The molecule has 0 aromatic heterocycles. The zero-order chi connectivity index (χ0) is 14.0. The van der Waals surface area contributed by atoms with Crippen molar-refractivity contribution in [3.05, 3.63) is 59.4 Å². The number of benzene rings is 2. The molecule has 0 atom stereocenters. The fraction of sp³-hybridized carbons (Fsp3) is 0. The maximum Gasteiger partial charge on any atom is 0.255 e. The van der Waals surface area contributed by atoms with E-state index in [0.29, 0.717) is 0 Å². The third-order valence-electron chi connectivity index (χ3n) is 2.43. The average Bonchev–Trinajstić information content (AvgIpc) is 2.37. The Morgan fingerprint density at radius 1 is 1.00 bits per heavy atom. The number of nitrogen functional groups attached to an aromatic ring is 1. The molecule has 0 fully saturated rings. The molecule has 0 spiro atoms. The van der Waals surface area contributed by atoms with Gasteiger partial charge in [0.2, 0.25) is 0 Å². The fourth-order valence-electron chi connectivity index (χ4n) is 1.47. The highest BCUT2D eigenvalue weighted by atomic mass is 19.1. The van der Waals surface area contributed by atoms with E-state index in [1.807, 2.05) is 0 Å². The van der Waals surface area contributed by atoms with Gasteiger partial charge in [0.05, 0.1) is 11.4 Å². The lowest BCUT2D eigenvalue weighted by Crippen LogP contribution is -2.13. The maximum atomic E-state index is 13.3. The third-order valence-corrected chi connectivity index (χ3v) is 2.43. The van der Waals surface area contributed by atoms with Crippen molar-refractivity contribution >= 4 is 17.3 Å². The van der Waals surface area contributed by atoms with E-state index in [1.165, 1.54) is 6.07 Å². The van der Waals surface area contributed by atoms with E-state index in [2.05, 4.69) is 5.32 Å². The molecule has 0 saturated heterocycles. The highest BCUT2D eigenvalue weighted by Gasteiger charge is 2.11. The molecule has 3 N–H and O–H groups in total. The number of hydrogen-bond acceptors (Lipinski definition) is 2. The largest absolute Gasteiger partial charge is 0.396 e. The summed E-state index contributed by atoms with van der Waals surface area (Å²) in [6.07, 6.45) is 0. The molecule has 3 nitrogen and oxygen atoms in total. The highest BCUT2D eigenvalue weighted by Crippen LogP contribution is 2.18. The molecule has 0 aliphatic rings. The SMILES string of the molecule is Nc1cc(C(=O)Nc2cc(F)ccc2F)ccc1F. The number of halogens is 3. The van der Waals surface area contributed by atoms with Gasteiger partial charge in [0.25, 0.3) is 5.91 Å². The normalized spacial score (nSPS) is 10.3. The Hall–Kier alpha value is -2.50. The number of carbonyl (C=O) groups is 1. The minimum atomic E-state index is -0.773. The van der Waals surface area contributed by atoms with E-state index in [4.69, 9.17) is 5.73 Å². The number of nitrogens with one attached hydrogen (secondary N) is 1. The molecule has 2 aromatic carbocycles. The third kappa shape index (κ3) is 2.85. The molecule has 0 saturated carbocycles. The number of amides is 1. The first-order valence-corrected chi connectivity index (χ1v) is 5.29. The van der Waals surface area contributed by atoms with Crippen LogP contribution < -0.4 is 11.1 Å². The summed E-state index contributed by atoms with van der Waals surface area (Å²) in [4.78, 5) is 11.8. The highest BCUT2D eigenvalue weighted by molar-refractivity contribution is 6.04. The van der Waals surface area contributed by atoms with Crippen molar-refractivity contribution in [3.63, 3.8) is 0 Å². The van der Waals surface area contributed by atoms with Gasteiger partial charge in [-0.2, -0.15) is 0 Å². The molecule has 0 unspecified atom stereocenters. The summed E-state index contributed by atoms with van der Waals surface area (Å²) in [7, 11) is 0. The Labute approximate surface area is 106 Å². The minimum Gasteiger partial charge on any atom is -0.396 e. The minimum absolute atomic E-state index is 0.0440. The van der Waals surface area contributed by atoms with Crippen molar-refractivity contribution in [1.29, 1.82) is 0 Å². The van der Waals surface area contributed by atoms with Crippen LogP contribution in [0.1, 0.15) is 10.4 Å². The van der Waals surface area contributed by atoms with Crippen LogP contribution >= 0.6 is 0 Å². The Morgan fingerprint density at radius 3 is 2.37 bits per heavy atom. The molecule has 0 aliphatic heterocycles. The zero-order valence-corrected chi connectivity index (χ0v) is 9.58. The lowest BCUT2D eigenvalue weighted by Gasteiger charge is -2.07. The smallest absolute Gasteiger partial charge is 0.255 e. The van der Waals surface area contributed by atoms with E-state index < -0.39 is 23.4 Å². The van der Waals surface area contributed by atoms with Crippen LogP contribution in [-0.4, -0.2) is 5.91 Å². The van der Waals surface area contributed by atoms with Crippen LogP contribution in [0, 0.1) is 17.5 Å².